The second-order valence-corrected chi connectivity index (χ2v) is 7.38. The SMILES string of the molecule is CC(C)C(NC(=O)Cc1cccc2ccccc12)C(=O)N(C)Cc1ccco1. The van der Waals surface area contributed by atoms with E-state index in [0.717, 1.165) is 16.3 Å². The van der Waals surface area contributed by atoms with E-state index >= 15 is 0 Å². The van der Waals surface area contributed by atoms with Crippen molar-refractivity contribution in [3.05, 3.63) is 72.2 Å². The van der Waals surface area contributed by atoms with Crippen molar-refractivity contribution >= 4 is 22.6 Å². The summed E-state index contributed by atoms with van der Waals surface area (Å²) in [6.45, 7) is 4.23. The van der Waals surface area contributed by atoms with Crippen LogP contribution in [0.4, 0.5) is 0 Å². The second-order valence-electron chi connectivity index (χ2n) is 7.38. The molecule has 5 heteroatoms. The Morgan fingerprint density at radius 3 is 2.50 bits per heavy atom. The third-order valence-electron chi connectivity index (χ3n) is 4.83. The predicted octanol–water partition coefficient (Wildman–Crippen LogP) is 3.77. The van der Waals surface area contributed by atoms with Crippen LogP contribution in [0.25, 0.3) is 10.8 Å². The number of rotatable bonds is 7. The highest BCUT2D eigenvalue weighted by molar-refractivity contribution is 5.92. The maximum absolute atomic E-state index is 12.9. The van der Waals surface area contributed by atoms with Crippen LogP contribution in [0.15, 0.2) is 65.3 Å². The van der Waals surface area contributed by atoms with Gasteiger partial charge in [-0.1, -0.05) is 56.3 Å². The van der Waals surface area contributed by atoms with E-state index in [-0.39, 0.29) is 24.2 Å². The lowest BCUT2D eigenvalue weighted by Crippen LogP contribution is -2.50. The molecule has 0 radical (unpaired) electrons. The van der Waals surface area contributed by atoms with Crippen LogP contribution in [0.1, 0.15) is 25.2 Å². The summed E-state index contributed by atoms with van der Waals surface area (Å²) in [6.07, 6.45) is 1.82. The zero-order valence-corrected chi connectivity index (χ0v) is 16.5. The molecule has 5 nitrogen and oxygen atoms in total. The van der Waals surface area contributed by atoms with Crippen molar-refractivity contribution in [2.75, 3.05) is 7.05 Å². The van der Waals surface area contributed by atoms with E-state index in [1.54, 1.807) is 24.3 Å². The van der Waals surface area contributed by atoms with Crippen molar-refractivity contribution in [2.45, 2.75) is 32.9 Å². The number of nitrogens with one attached hydrogen (secondary N) is 1. The first-order valence-corrected chi connectivity index (χ1v) is 9.49. The standard InChI is InChI=1S/C23H26N2O3/c1-16(2)22(23(27)25(3)15-19-11-7-13-28-19)24-21(26)14-18-10-6-9-17-8-4-5-12-20(17)18/h4-13,16,22H,14-15H2,1-3H3,(H,24,26). The molecular formula is C23H26N2O3. The van der Waals surface area contributed by atoms with Crippen molar-refractivity contribution in [3.8, 4) is 0 Å². The molecule has 0 aliphatic heterocycles. The van der Waals surface area contributed by atoms with Crippen molar-refractivity contribution in [1.82, 2.24) is 10.2 Å². The first kappa shape index (κ1) is 19.7. The molecule has 0 bridgehead atoms. The highest BCUT2D eigenvalue weighted by Gasteiger charge is 2.27. The Hall–Kier alpha value is -3.08. The summed E-state index contributed by atoms with van der Waals surface area (Å²) in [6, 6.07) is 17.0. The average molecular weight is 378 g/mol. The van der Waals surface area contributed by atoms with Gasteiger partial charge in [0.15, 0.2) is 0 Å². The number of benzene rings is 2. The molecule has 3 rings (SSSR count). The van der Waals surface area contributed by atoms with E-state index in [1.807, 2.05) is 62.4 Å². The van der Waals surface area contributed by atoms with Crippen LogP contribution >= 0.6 is 0 Å². The minimum Gasteiger partial charge on any atom is -0.467 e. The highest BCUT2D eigenvalue weighted by atomic mass is 16.3. The van der Waals surface area contributed by atoms with Gasteiger partial charge in [-0.2, -0.15) is 0 Å². The van der Waals surface area contributed by atoms with Gasteiger partial charge in [-0.05, 0) is 34.4 Å². The van der Waals surface area contributed by atoms with Crippen LogP contribution in [0.5, 0.6) is 0 Å². The Morgan fingerprint density at radius 2 is 1.79 bits per heavy atom. The summed E-state index contributed by atoms with van der Waals surface area (Å²) in [4.78, 5) is 27.2. The number of amides is 2. The Labute approximate surface area is 165 Å². The molecule has 0 saturated heterocycles. The van der Waals surface area contributed by atoms with E-state index in [0.29, 0.717) is 12.3 Å². The number of likely N-dealkylation sites (N-methyl/N-ethyl adjacent to an activating group) is 1. The Morgan fingerprint density at radius 1 is 1.04 bits per heavy atom. The molecule has 3 aromatic rings. The van der Waals surface area contributed by atoms with Gasteiger partial charge in [0.2, 0.25) is 11.8 Å². The maximum Gasteiger partial charge on any atom is 0.245 e. The summed E-state index contributed by atoms with van der Waals surface area (Å²) in [7, 11) is 1.72. The molecule has 0 saturated carbocycles. The van der Waals surface area contributed by atoms with Gasteiger partial charge in [0.1, 0.15) is 11.8 Å². The predicted molar refractivity (Wildman–Crippen MR) is 110 cm³/mol. The van der Waals surface area contributed by atoms with E-state index in [4.69, 9.17) is 4.42 Å². The van der Waals surface area contributed by atoms with Crippen molar-refractivity contribution in [1.29, 1.82) is 0 Å². The summed E-state index contributed by atoms with van der Waals surface area (Å²) in [5.41, 5.74) is 0.953. The van der Waals surface area contributed by atoms with Crippen LogP contribution in [0.2, 0.25) is 0 Å². The van der Waals surface area contributed by atoms with Crippen molar-refractivity contribution in [2.24, 2.45) is 5.92 Å². The smallest absolute Gasteiger partial charge is 0.245 e. The van der Waals surface area contributed by atoms with Crippen LogP contribution in [0.3, 0.4) is 0 Å². The van der Waals surface area contributed by atoms with Gasteiger partial charge in [0.05, 0.1) is 19.2 Å². The number of nitrogens with zero attached hydrogens (tertiary/aromatic N) is 1. The normalized spacial score (nSPS) is 12.1. The Balaban J connectivity index is 1.69. The van der Waals surface area contributed by atoms with Crippen LogP contribution in [0, 0.1) is 5.92 Å². The van der Waals surface area contributed by atoms with E-state index in [2.05, 4.69) is 5.32 Å². The molecule has 28 heavy (non-hydrogen) atoms. The van der Waals surface area contributed by atoms with Crippen LogP contribution in [-0.4, -0.2) is 29.8 Å². The molecular weight excluding hydrogens is 352 g/mol. The zero-order valence-electron chi connectivity index (χ0n) is 16.5. The summed E-state index contributed by atoms with van der Waals surface area (Å²) in [5, 5.41) is 5.09. The maximum atomic E-state index is 12.9. The zero-order chi connectivity index (χ0) is 20.1. The van der Waals surface area contributed by atoms with Gasteiger partial charge in [0.25, 0.3) is 0 Å². The van der Waals surface area contributed by atoms with Crippen molar-refractivity contribution in [3.63, 3.8) is 0 Å². The fourth-order valence-electron chi connectivity index (χ4n) is 3.31. The van der Waals surface area contributed by atoms with Crippen LogP contribution in [-0.2, 0) is 22.6 Å². The van der Waals surface area contributed by atoms with Gasteiger partial charge in [-0.15, -0.1) is 0 Å². The van der Waals surface area contributed by atoms with Crippen LogP contribution < -0.4 is 5.32 Å². The summed E-state index contributed by atoms with van der Waals surface area (Å²) in [5.74, 6) is 0.399. The second kappa shape index (κ2) is 8.74. The largest absolute Gasteiger partial charge is 0.467 e. The molecule has 0 fully saturated rings. The van der Waals surface area contributed by atoms with E-state index in [1.165, 1.54) is 0 Å². The first-order valence-electron chi connectivity index (χ1n) is 9.49. The number of fused-ring (bicyclic) bond motifs is 1. The fraction of sp³-hybridized carbons (Fsp3) is 0.304. The van der Waals surface area contributed by atoms with Gasteiger partial charge >= 0.3 is 0 Å². The minimum absolute atomic E-state index is 0.0250. The van der Waals surface area contributed by atoms with E-state index < -0.39 is 6.04 Å². The number of furan rings is 1. The summed E-state index contributed by atoms with van der Waals surface area (Å²) >= 11 is 0. The Bertz CT molecular complexity index is 942. The average Bonchev–Trinajstić information content (AvgIpc) is 3.18. The Kier molecular flexibility index (Phi) is 6.14. The minimum atomic E-state index is -0.581. The lowest BCUT2D eigenvalue weighted by molar-refractivity contribution is -0.137. The summed E-state index contributed by atoms with van der Waals surface area (Å²) < 4.78 is 5.31. The topological polar surface area (TPSA) is 62.6 Å². The fourth-order valence-corrected chi connectivity index (χ4v) is 3.31. The third kappa shape index (κ3) is 4.60. The molecule has 2 amide bonds. The first-order chi connectivity index (χ1) is 13.5. The van der Waals surface area contributed by atoms with Crippen molar-refractivity contribution < 1.29 is 14.0 Å². The third-order valence-corrected chi connectivity index (χ3v) is 4.83. The molecule has 1 aromatic heterocycles. The van der Waals surface area contributed by atoms with Gasteiger partial charge in [-0.25, -0.2) is 0 Å². The van der Waals surface area contributed by atoms with Gasteiger partial charge < -0.3 is 14.6 Å². The molecule has 0 aliphatic carbocycles. The molecule has 1 heterocycles. The number of carbonyl (C=O) groups is 2. The van der Waals surface area contributed by atoms with E-state index in [9.17, 15) is 9.59 Å². The monoisotopic (exact) mass is 378 g/mol. The lowest BCUT2D eigenvalue weighted by Gasteiger charge is -2.26. The molecule has 1 unspecified atom stereocenters. The molecule has 0 aliphatic rings. The molecule has 1 N–H and O–H groups in total. The lowest BCUT2D eigenvalue weighted by atomic mass is 10.00. The molecule has 1 atom stereocenters. The molecule has 2 aromatic carbocycles. The number of carbonyl (C=O) groups excluding carboxylic acids is 2. The number of hydrogen-bond donors (Lipinski definition) is 1. The highest BCUT2D eigenvalue weighted by Crippen LogP contribution is 2.19. The van der Waals surface area contributed by atoms with Gasteiger partial charge in [-0.3, -0.25) is 9.59 Å². The number of hydrogen-bond acceptors (Lipinski definition) is 3. The molecule has 146 valence electrons. The molecule has 0 spiro atoms. The quantitative estimate of drug-likeness (QED) is 0.681. The van der Waals surface area contributed by atoms with Gasteiger partial charge in [0, 0.05) is 7.05 Å².